The number of hydrogen-bond donors (Lipinski definition) is 1. The summed E-state index contributed by atoms with van der Waals surface area (Å²) in [5, 5.41) is 0. The largest absolute Gasteiger partial charge is 0.469 e. The van der Waals surface area contributed by atoms with E-state index in [1.165, 1.54) is 12.8 Å². The fourth-order valence-corrected chi connectivity index (χ4v) is 1.90. The Morgan fingerprint density at radius 2 is 1.79 bits per heavy atom. The highest BCUT2D eigenvalue weighted by molar-refractivity contribution is 5.85. The third-order valence-electron chi connectivity index (χ3n) is 3.06. The number of methoxy groups -OCH3 is 1. The highest BCUT2D eigenvalue weighted by atomic mass is 35.5. The van der Waals surface area contributed by atoms with Crippen molar-refractivity contribution in [1.29, 1.82) is 0 Å². The first kappa shape index (κ1) is 17.7. The summed E-state index contributed by atoms with van der Waals surface area (Å²) < 4.78 is 4.61. The van der Waals surface area contributed by atoms with Crippen molar-refractivity contribution in [2.45, 2.75) is 26.3 Å². The summed E-state index contributed by atoms with van der Waals surface area (Å²) in [7, 11) is 1.37. The lowest BCUT2D eigenvalue weighted by molar-refractivity contribution is -0.141. The summed E-state index contributed by atoms with van der Waals surface area (Å²) >= 11 is 0. The first-order valence-corrected chi connectivity index (χ1v) is 6.29. The molecule has 108 valence electrons. The van der Waals surface area contributed by atoms with Gasteiger partial charge in [-0.25, -0.2) is 0 Å². The molecule has 1 aromatic rings. The Morgan fingerprint density at radius 3 is 2.21 bits per heavy atom. The molecule has 0 fully saturated rings. The van der Waals surface area contributed by atoms with Crippen molar-refractivity contribution in [3.05, 3.63) is 29.8 Å². The molecule has 1 rings (SSSR count). The normalized spacial score (nSPS) is 11.4. The van der Waals surface area contributed by atoms with E-state index in [-0.39, 0.29) is 30.8 Å². The lowest BCUT2D eigenvalue weighted by atomic mass is 10.0. The molecule has 0 aliphatic rings. The molecule has 0 bridgehead atoms. The van der Waals surface area contributed by atoms with Gasteiger partial charge in [0.1, 0.15) is 0 Å². The minimum absolute atomic E-state index is 0. The first-order valence-electron chi connectivity index (χ1n) is 6.29. The van der Waals surface area contributed by atoms with Gasteiger partial charge in [0.2, 0.25) is 0 Å². The van der Waals surface area contributed by atoms with Gasteiger partial charge in [-0.1, -0.05) is 12.1 Å². The fraction of sp³-hybridized carbons (Fsp3) is 0.500. The van der Waals surface area contributed by atoms with Crippen LogP contribution in [0.25, 0.3) is 0 Å². The average molecular weight is 287 g/mol. The Kier molecular flexibility index (Phi) is 8.19. The maximum atomic E-state index is 11.2. The molecule has 0 heterocycles. The Balaban J connectivity index is 0.00000324. The van der Waals surface area contributed by atoms with Gasteiger partial charge in [0.05, 0.1) is 13.5 Å². The molecule has 1 aromatic carbocycles. The Bertz CT molecular complexity index is 378. The van der Waals surface area contributed by atoms with Crippen molar-refractivity contribution in [2.75, 3.05) is 25.1 Å². The van der Waals surface area contributed by atoms with Gasteiger partial charge in [-0.05, 0) is 31.5 Å². The van der Waals surface area contributed by atoms with E-state index in [0.29, 0.717) is 0 Å². The van der Waals surface area contributed by atoms with Crippen LogP contribution in [0.1, 0.15) is 31.9 Å². The maximum absolute atomic E-state index is 11.2. The predicted molar refractivity (Wildman–Crippen MR) is 80.8 cm³/mol. The SMILES string of the molecule is CCN(CC)c1ccc([C@@H](N)CC(=O)OC)cc1.Cl. The van der Waals surface area contributed by atoms with Crippen LogP contribution in [0.4, 0.5) is 5.69 Å². The van der Waals surface area contributed by atoms with Gasteiger partial charge < -0.3 is 15.4 Å². The number of hydrogen-bond acceptors (Lipinski definition) is 4. The molecule has 0 aromatic heterocycles. The summed E-state index contributed by atoms with van der Waals surface area (Å²) in [6.45, 7) is 6.20. The van der Waals surface area contributed by atoms with Crippen molar-refractivity contribution >= 4 is 24.1 Å². The summed E-state index contributed by atoms with van der Waals surface area (Å²) in [5.41, 5.74) is 8.08. The Labute approximate surface area is 121 Å². The second-order valence-electron chi connectivity index (χ2n) is 4.15. The second-order valence-corrected chi connectivity index (χ2v) is 4.15. The smallest absolute Gasteiger partial charge is 0.307 e. The van der Waals surface area contributed by atoms with Gasteiger partial charge >= 0.3 is 5.97 Å². The van der Waals surface area contributed by atoms with E-state index in [9.17, 15) is 4.79 Å². The van der Waals surface area contributed by atoms with E-state index in [2.05, 4.69) is 23.5 Å². The summed E-state index contributed by atoms with van der Waals surface area (Å²) in [4.78, 5) is 13.4. The van der Waals surface area contributed by atoms with Crippen LogP contribution in [0.15, 0.2) is 24.3 Å². The molecular formula is C14H23ClN2O2. The minimum Gasteiger partial charge on any atom is -0.469 e. The Morgan fingerprint density at radius 1 is 1.26 bits per heavy atom. The van der Waals surface area contributed by atoms with Crippen LogP contribution in [-0.2, 0) is 9.53 Å². The van der Waals surface area contributed by atoms with Crippen LogP contribution in [0, 0.1) is 0 Å². The van der Waals surface area contributed by atoms with E-state index in [4.69, 9.17) is 5.73 Å². The predicted octanol–water partition coefficient (Wildman–Crippen LogP) is 2.52. The number of nitrogens with two attached hydrogens (primary N) is 1. The molecular weight excluding hydrogens is 264 g/mol. The zero-order chi connectivity index (χ0) is 13.5. The first-order chi connectivity index (χ1) is 8.62. The maximum Gasteiger partial charge on any atom is 0.307 e. The number of esters is 1. The number of nitrogens with zero attached hydrogens (tertiary/aromatic N) is 1. The summed E-state index contributed by atoms with van der Waals surface area (Å²) in [5.74, 6) is -0.282. The molecule has 0 aliphatic heterocycles. The number of carbonyl (C=O) groups excluding carboxylic acids is 1. The van der Waals surface area contributed by atoms with E-state index in [1.54, 1.807) is 0 Å². The van der Waals surface area contributed by atoms with E-state index < -0.39 is 0 Å². The number of carbonyl (C=O) groups is 1. The van der Waals surface area contributed by atoms with E-state index in [0.717, 1.165) is 18.7 Å². The Hall–Kier alpha value is -1.26. The lowest BCUT2D eigenvalue weighted by Gasteiger charge is -2.21. The lowest BCUT2D eigenvalue weighted by Crippen LogP contribution is -2.22. The quantitative estimate of drug-likeness (QED) is 0.817. The standard InChI is InChI=1S/C14H22N2O2.ClH/c1-4-16(5-2)12-8-6-11(7-9-12)13(15)10-14(17)18-3;/h6-9,13H,4-5,10,15H2,1-3H3;1H/t13-;/m0./s1. The van der Waals surface area contributed by atoms with Gasteiger partial charge in [-0.15, -0.1) is 12.4 Å². The molecule has 5 heteroatoms. The van der Waals surface area contributed by atoms with E-state index >= 15 is 0 Å². The molecule has 4 nitrogen and oxygen atoms in total. The molecule has 0 unspecified atom stereocenters. The third-order valence-corrected chi connectivity index (χ3v) is 3.06. The van der Waals surface area contributed by atoms with Gasteiger partial charge in [-0.2, -0.15) is 0 Å². The molecule has 0 radical (unpaired) electrons. The number of halogens is 1. The van der Waals surface area contributed by atoms with Gasteiger partial charge in [0, 0.05) is 24.8 Å². The third kappa shape index (κ3) is 5.09. The van der Waals surface area contributed by atoms with Crippen LogP contribution in [0.2, 0.25) is 0 Å². The fourth-order valence-electron chi connectivity index (χ4n) is 1.90. The van der Waals surface area contributed by atoms with Crippen molar-refractivity contribution in [3.63, 3.8) is 0 Å². The molecule has 0 amide bonds. The molecule has 0 spiro atoms. The number of rotatable bonds is 6. The van der Waals surface area contributed by atoms with E-state index in [1.807, 2.05) is 24.3 Å². The zero-order valence-electron chi connectivity index (χ0n) is 11.8. The van der Waals surface area contributed by atoms with Gasteiger partial charge in [0.25, 0.3) is 0 Å². The molecule has 19 heavy (non-hydrogen) atoms. The van der Waals surface area contributed by atoms with Crippen molar-refractivity contribution in [2.24, 2.45) is 5.73 Å². The van der Waals surface area contributed by atoms with Crippen molar-refractivity contribution in [1.82, 2.24) is 0 Å². The van der Waals surface area contributed by atoms with Crippen LogP contribution < -0.4 is 10.6 Å². The molecule has 0 saturated carbocycles. The van der Waals surface area contributed by atoms with Crippen LogP contribution in [-0.4, -0.2) is 26.2 Å². The average Bonchev–Trinajstić information content (AvgIpc) is 2.40. The second kappa shape index (κ2) is 8.77. The van der Waals surface area contributed by atoms with Crippen LogP contribution in [0.3, 0.4) is 0 Å². The topological polar surface area (TPSA) is 55.6 Å². The van der Waals surface area contributed by atoms with Crippen LogP contribution >= 0.6 is 12.4 Å². The monoisotopic (exact) mass is 286 g/mol. The molecule has 0 aliphatic carbocycles. The van der Waals surface area contributed by atoms with Gasteiger partial charge in [0.15, 0.2) is 0 Å². The molecule has 1 atom stereocenters. The summed E-state index contributed by atoms with van der Waals surface area (Å²) in [6, 6.07) is 7.73. The van der Waals surface area contributed by atoms with Crippen molar-refractivity contribution < 1.29 is 9.53 Å². The highest BCUT2D eigenvalue weighted by Gasteiger charge is 2.12. The molecule has 0 saturated heterocycles. The number of anilines is 1. The summed E-state index contributed by atoms with van der Waals surface area (Å²) in [6.07, 6.45) is 0.209. The number of benzene rings is 1. The highest BCUT2D eigenvalue weighted by Crippen LogP contribution is 2.20. The van der Waals surface area contributed by atoms with Crippen LogP contribution in [0.5, 0.6) is 0 Å². The van der Waals surface area contributed by atoms with Crippen molar-refractivity contribution in [3.8, 4) is 0 Å². The molecule has 2 N–H and O–H groups in total. The number of ether oxygens (including phenoxy) is 1. The van der Waals surface area contributed by atoms with Gasteiger partial charge in [-0.3, -0.25) is 4.79 Å². The zero-order valence-corrected chi connectivity index (χ0v) is 12.6. The minimum atomic E-state index is -0.303.